The number of ether oxygens (including phenoxy) is 3. The molecule has 1 N–H and O–H groups in total. The van der Waals surface area contributed by atoms with Crippen LogP contribution in [0.15, 0.2) is 23.1 Å². The zero-order chi connectivity index (χ0) is 28.3. The van der Waals surface area contributed by atoms with Crippen molar-refractivity contribution in [2.45, 2.75) is 105 Å². The summed E-state index contributed by atoms with van der Waals surface area (Å²) >= 11 is 1.39. The number of carbonyl (C=O) groups excluding carboxylic acids is 3. The first-order chi connectivity index (χ1) is 17.7. The lowest BCUT2D eigenvalue weighted by Gasteiger charge is -2.30. The summed E-state index contributed by atoms with van der Waals surface area (Å²) in [6.07, 6.45) is 6.35. The second-order valence-corrected chi connectivity index (χ2v) is 12.4. The molecule has 0 bridgehead atoms. The highest BCUT2D eigenvalue weighted by molar-refractivity contribution is 7.09. The van der Waals surface area contributed by atoms with Crippen LogP contribution in [0.25, 0.3) is 6.08 Å². The van der Waals surface area contributed by atoms with Crippen molar-refractivity contribution in [2.75, 3.05) is 0 Å². The average molecular weight is 548 g/mol. The number of thiazole rings is 1. The molecule has 8 nitrogen and oxygen atoms in total. The predicted molar refractivity (Wildman–Crippen MR) is 145 cm³/mol. The molecule has 0 saturated carbocycles. The van der Waals surface area contributed by atoms with Gasteiger partial charge in [0.1, 0.15) is 23.5 Å². The van der Waals surface area contributed by atoms with Gasteiger partial charge < -0.3 is 19.3 Å². The normalized spacial score (nSPS) is 33.7. The number of nitrogens with zero attached hydrogens (tertiary/aromatic N) is 1. The molecule has 0 spiro atoms. The van der Waals surface area contributed by atoms with Gasteiger partial charge in [-0.3, -0.25) is 9.59 Å². The molecular weight excluding hydrogens is 506 g/mol. The largest absolute Gasteiger partial charge is 0.458 e. The Labute approximate surface area is 229 Å². The lowest BCUT2D eigenvalue weighted by molar-refractivity contribution is -0.143. The fraction of sp³-hybridized carbons (Fsp3) is 0.655. The lowest BCUT2D eigenvalue weighted by atomic mass is 9.76. The molecule has 6 atom stereocenters. The molecular formula is C29H41NO7S. The SMILES string of the molecule is CC(=O)OCc1nc(C=C(C)[C@@H]2C[C@@H]3O[C@]3(C)CCC[C@H](C)[C@H](O)[C@@H](C)C(=O)C(C)(C)/C=C/C(=O)O2)cs1. The van der Waals surface area contributed by atoms with E-state index >= 15 is 0 Å². The van der Waals surface area contributed by atoms with Gasteiger partial charge in [0.15, 0.2) is 0 Å². The number of aliphatic hydroxyl groups is 1. The topological polar surface area (TPSA) is 115 Å². The molecule has 0 radical (unpaired) electrons. The quantitative estimate of drug-likeness (QED) is 0.412. The molecule has 3 rings (SSSR count). The Morgan fingerprint density at radius 3 is 2.66 bits per heavy atom. The van der Waals surface area contributed by atoms with E-state index in [1.165, 1.54) is 24.3 Å². The van der Waals surface area contributed by atoms with Crippen LogP contribution >= 0.6 is 11.3 Å². The summed E-state index contributed by atoms with van der Waals surface area (Å²) in [5.41, 5.74) is 0.258. The average Bonchev–Trinajstić information content (AvgIpc) is 3.26. The van der Waals surface area contributed by atoms with Gasteiger partial charge in [0, 0.05) is 36.1 Å². The summed E-state index contributed by atoms with van der Waals surface area (Å²) in [4.78, 5) is 41.6. The van der Waals surface area contributed by atoms with Crippen molar-refractivity contribution in [1.29, 1.82) is 0 Å². The summed E-state index contributed by atoms with van der Waals surface area (Å²) in [5.74, 6) is -1.62. The molecule has 3 heterocycles. The predicted octanol–water partition coefficient (Wildman–Crippen LogP) is 5.04. The standard InChI is InChI=1S/C29H41NO7S/c1-17-9-8-11-29(7)23(37-29)14-22(18(2)13-21-16-38-24(30-21)15-35-20(4)31)36-25(32)10-12-28(5,6)27(34)19(3)26(17)33/h10,12-13,16-17,19,22-23,26,33H,8-9,11,14-15H2,1-7H3/b12-10+,18-13?/t17-,19+,22-,23-,26-,29+/m0/s1. The van der Waals surface area contributed by atoms with E-state index in [1.54, 1.807) is 26.8 Å². The number of cyclic esters (lactones) is 1. The van der Waals surface area contributed by atoms with Crippen LogP contribution in [0.5, 0.6) is 0 Å². The highest BCUT2D eigenvalue weighted by Gasteiger charge is 2.52. The third kappa shape index (κ3) is 7.83. The molecule has 1 aromatic heterocycles. The Kier molecular flexibility index (Phi) is 9.71. The molecule has 0 unspecified atom stereocenters. The van der Waals surface area contributed by atoms with Gasteiger partial charge in [-0.05, 0) is 58.1 Å². The van der Waals surface area contributed by atoms with Gasteiger partial charge in [0.2, 0.25) is 0 Å². The number of ketones is 1. The number of esters is 2. The third-order valence-corrected chi connectivity index (χ3v) is 8.53. The minimum atomic E-state index is -0.937. The Morgan fingerprint density at radius 2 is 1.97 bits per heavy atom. The molecule has 2 aliphatic heterocycles. The number of aliphatic hydroxyl groups excluding tert-OH is 1. The molecule has 1 aromatic rings. The minimum absolute atomic E-state index is 0.0332. The number of carbonyl (C=O) groups is 3. The Hall–Kier alpha value is -2.36. The Morgan fingerprint density at radius 1 is 1.26 bits per heavy atom. The summed E-state index contributed by atoms with van der Waals surface area (Å²) in [5, 5.41) is 13.4. The van der Waals surface area contributed by atoms with Crippen molar-refractivity contribution >= 4 is 35.1 Å². The number of rotatable bonds is 4. The van der Waals surface area contributed by atoms with E-state index in [1.807, 2.05) is 25.3 Å². The zero-order valence-electron chi connectivity index (χ0n) is 23.5. The van der Waals surface area contributed by atoms with Gasteiger partial charge in [0.05, 0.1) is 23.5 Å². The van der Waals surface area contributed by atoms with E-state index in [-0.39, 0.29) is 36.0 Å². The number of aromatic nitrogens is 1. The van der Waals surface area contributed by atoms with Crippen molar-refractivity contribution in [2.24, 2.45) is 17.3 Å². The smallest absolute Gasteiger partial charge is 0.331 e. The van der Waals surface area contributed by atoms with Gasteiger partial charge in [0.25, 0.3) is 0 Å². The van der Waals surface area contributed by atoms with Gasteiger partial charge in [-0.15, -0.1) is 11.3 Å². The molecule has 0 amide bonds. The van der Waals surface area contributed by atoms with Crippen molar-refractivity contribution in [3.63, 3.8) is 0 Å². The van der Waals surface area contributed by atoms with Gasteiger partial charge in [-0.25, -0.2) is 9.78 Å². The first kappa shape index (κ1) is 30.2. The minimum Gasteiger partial charge on any atom is -0.458 e. The molecule has 1 saturated heterocycles. The third-order valence-electron chi connectivity index (χ3n) is 7.69. The summed E-state index contributed by atoms with van der Waals surface area (Å²) in [7, 11) is 0. The number of hydrogen-bond acceptors (Lipinski definition) is 9. The van der Waals surface area contributed by atoms with E-state index in [0.717, 1.165) is 24.8 Å². The van der Waals surface area contributed by atoms with E-state index < -0.39 is 29.5 Å². The van der Waals surface area contributed by atoms with Gasteiger partial charge >= 0.3 is 11.9 Å². The van der Waals surface area contributed by atoms with Crippen LogP contribution in [-0.4, -0.2) is 51.7 Å². The van der Waals surface area contributed by atoms with Gasteiger partial charge in [-0.2, -0.15) is 0 Å². The number of allylic oxidation sites excluding steroid dienone is 1. The number of Topliss-reactive ketones (excluding diaryl/α,β-unsaturated/α-hetero) is 1. The fourth-order valence-electron chi connectivity index (χ4n) is 5.00. The first-order valence-corrected chi connectivity index (χ1v) is 14.2. The molecule has 0 aliphatic carbocycles. The zero-order valence-corrected chi connectivity index (χ0v) is 24.3. The molecule has 2 aliphatic rings. The van der Waals surface area contributed by atoms with Crippen molar-refractivity contribution in [3.8, 4) is 0 Å². The molecule has 1 fully saturated rings. The first-order valence-electron chi connectivity index (χ1n) is 13.3. The monoisotopic (exact) mass is 547 g/mol. The lowest BCUT2D eigenvalue weighted by Crippen LogP contribution is -2.38. The van der Waals surface area contributed by atoms with Crippen LogP contribution in [0.1, 0.15) is 84.9 Å². The number of epoxide rings is 1. The molecule has 210 valence electrons. The van der Waals surface area contributed by atoms with Gasteiger partial charge in [-0.1, -0.05) is 26.3 Å². The maximum absolute atomic E-state index is 13.2. The van der Waals surface area contributed by atoms with Crippen LogP contribution in [0, 0.1) is 17.3 Å². The van der Waals surface area contributed by atoms with Crippen LogP contribution in [-0.2, 0) is 35.2 Å². The maximum Gasteiger partial charge on any atom is 0.331 e. The van der Waals surface area contributed by atoms with Crippen molar-refractivity contribution in [1.82, 2.24) is 4.98 Å². The summed E-state index contributed by atoms with van der Waals surface area (Å²) < 4.78 is 17.0. The fourth-order valence-corrected chi connectivity index (χ4v) is 5.66. The van der Waals surface area contributed by atoms with Crippen molar-refractivity contribution < 1.29 is 33.7 Å². The van der Waals surface area contributed by atoms with E-state index in [9.17, 15) is 19.5 Å². The highest BCUT2D eigenvalue weighted by Crippen LogP contribution is 2.45. The maximum atomic E-state index is 13.2. The van der Waals surface area contributed by atoms with Crippen LogP contribution < -0.4 is 0 Å². The molecule has 0 aromatic carbocycles. The highest BCUT2D eigenvalue weighted by atomic mass is 32.1. The Bertz CT molecular complexity index is 1090. The second kappa shape index (κ2) is 12.2. The number of fused-ring (bicyclic) bond motifs is 1. The van der Waals surface area contributed by atoms with E-state index in [4.69, 9.17) is 14.2 Å². The molecule has 9 heteroatoms. The van der Waals surface area contributed by atoms with Crippen molar-refractivity contribution in [3.05, 3.63) is 33.8 Å². The van der Waals surface area contributed by atoms with Crippen LogP contribution in [0.4, 0.5) is 0 Å². The van der Waals surface area contributed by atoms with Crippen LogP contribution in [0.3, 0.4) is 0 Å². The van der Waals surface area contributed by atoms with Crippen LogP contribution in [0.2, 0.25) is 0 Å². The van der Waals surface area contributed by atoms with E-state index in [2.05, 4.69) is 11.9 Å². The Balaban J connectivity index is 1.83. The summed E-state index contributed by atoms with van der Waals surface area (Å²) in [6, 6.07) is 0. The second-order valence-electron chi connectivity index (χ2n) is 11.5. The number of hydrogen-bond donors (Lipinski definition) is 1. The summed E-state index contributed by atoms with van der Waals surface area (Å²) in [6.45, 7) is 12.7. The van der Waals surface area contributed by atoms with E-state index in [0.29, 0.717) is 17.1 Å². The molecule has 38 heavy (non-hydrogen) atoms.